The number of fused-ring (bicyclic) bond motifs is 3. The monoisotopic (exact) mass is 620 g/mol. The lowest BCUT2D eigenvalue weighted by Crippen LogP contribution is -2.55. The molecule has 0 fully saturated rings. The standard InChI is InChI=1S/C30H34Cl2N2O8/c1-16(37)4-3-5-25(38)34(14-17-6-7-21(31)22(32)11-17)23-13-20(30(40)33-8-9-35)26-19-10-18(15-36)12-24(41-2)28(19)42-29(26)27(23)39/h6-7,10-13,23,26-27,29,35-36,39H,3-5,8-9,14-15H2,1-2H3,(H,33,40). The minimum absolute atomic E-state index is 0.00847. The van der Waals surface area contributed by atoms with Gasteiger partial charge in [0.15, 0.2) is 11.5 Å². The number of aliphatic hydroxyl groups excluding tert-OH is 3. The van der Waals surface area contributed by atoms with Crippen LogP contribution in [-0.4, -0.2) is 76.3 Å². The fourth-order valence-corrected chi connectivity index (χ4v) is 5.77. The number of nitrogens with zero attached hydrogens (tertiary/aromatic N) is 1. The molecule has 1 aliphatic carbocycles. The van der Waals surface area contributed by atoms with Crippen LogP contribution in [0.2, 0.25) is 10.0 Å². The van der Waals surface area contributed by atoms with E-state index in [2.05, 4.69) is 5.32 Å². The number of ether oxygens (including phenoxy) is 2. The van der Waals surface area contributed by atoms with Gasteiger partial charge in [0.25, 0.3) is 0 Å². The lowest BCUT2D eigenvalue weighted by molar-refractivity contribution is -0.138. The van der Waals surface area contributed by atoms with Gasteiger partial charge < -0.3 is 39.8 Å². The van der Waals surface area contributed by atoms with Gasteiger partial charge in [-0.1, -0.05) is 29.3 Å². The summed E-state index contributed by atoms with van der Waals surface area (Å²) in [5.74, 6) is -0.974. The van der Waals surface area contributed by atoms with Crippen molar-refractivity contribution in [2.24, 2.45) is 0 Å². The molecular weight excluding hydrogens is 587 g/mol. The predicted octanol–water partition coefficient (Wildman–Crippen LogP) is 2.91. The van der Waals surface area contributed by atoms with Gasteiger partial charge in [0.2, 0.25) is 11.8 Å². The largest absolute Gasteiger partial charge is 0.493 e. The molecule has 2 amide bonds. The topological polar surface area (TPSA) is 146 Å². The Kier molecular flexibility index (Phi) is 10.5. The molecule has 4 unspecified atom stereocenters. The van der Waals surface area contributed by atoms with Gasteiger partial charge in [0.1, 0.15) is 18.0 Å². The van der Waals surface area contributed by atoms with Crippen molar-refractivity contribution in [3.05, 3.63) is 68.7 Å². The Morgan fingerprint density at radius 3 is 2.48 bits per heavy atom. The van der Waals surface area contributed by atoms with Gasteiger partial charge in [-0.3, -0.25) is 9.59 Å². The highest BCUT2D eigenvalue weighted by Gasteiger charge is 2.51. The van der Waals surface area contributed by atoms with E-state index in [0.29, 0.717) is 44.7 Å². The fourth-order valence-electron chi connectivity index (χ4n) is 5.45. The summed E-state index contributed by atoms with van der Waals surface area (Å²) in [6.45, 7) is 0.906. The van der Waals surface area contributed by atoms with E-state index in [1.54, 1.807) is 36.4 Å². The highest BCUT2D eigenvalue weighted by molar-refractivity contribution is 6.42. The second-order valence-corrected chi connectivity index (χ2v) is 11.2. The SMILES string of the molecule is COc1cc(CO)cc2c1OC1C2C(C(=O)NCCO)=CC(N(Cc2ccc(Cl)c(Cl)c2)C(=O)CCCC(C)=O)C1O. The van der Waals surface area contributed by atoms with Crippen LogP contribution in [-0.2, 0) is 27.5 Å². The second kappa shape index (κ2) is 13.9. The van der Waals surface area contributed by atoms with Gasteiger partial charge in [-0.05, 0) is 54.8 Å². The molecule has 10 nitrogen and oxygen atoms in total. The maximum absolute atomic E-state index is 13.7. The molecule has 4 atom stereocenters. The maximum Gasteiger partial charge on any atom is 0.247 e. The van der Waals surface area contributed by atoms with Crippen LogP contribution in [0.25, 0.3) is 0 Å². The fraction of sp³-hybridized carbons (Fsp3) is 0.433. The van der Waals surface area contributed by atoms with Gasteiger partial charge >= 0.3 is 0 Å². The third kappa shape index (κ3) is 6.74. The number of nitrogens with one attached hydrogen (secondary N) is 1. The lowest BCUT2D eigenvalue weighted by atomic mass is 9.77. The van der Waals surface area contributed by atoms with Crippen LogP contribution in [0, 0.1) is 0 Å². The Balaban J connectivity index is 1.80. The van der Waals surface area contributed by atoms with Crippen LogP contribution in [0.5, 0.6) is 11.5 Å². The Labute approximate surface area is 253 Å². The molecule has 42 heavy (non-hydrogen) atoms. The number of halogens is 2. The number of Topliss-reactive ketones (excluding diaryl/α,β-unsaturated/α-hetero) is 1. The first-order chi connectivity index (χ1) is 20.1. The van der Waals surface area contributed by atoms with Crippen molar-refractivity contribution in [3.63, 3.8) is 0 Å². The molecule has 2 aromatic rings. The average Bonchev–Trinajstić information content (AvgIpc) is 3.36. The summed E-state index contributed by atoms with van der Waals surface area (Å²) in [6.07, 6.45) is -0.132. The molecule has 1 heterocycles. The van der Waals surface area contributed by atoms with E-state index in [4.69, 9.17) is 32.7 Å². The normalized spacial score (nSPS) is 20.6. The van der Waals surface area contributed by atoms with E-state index in [-0.39, 0.29) is 56.4 Å². The molecule has 0 bridgehead atoms. The molecule has 2 aliphatic rings. The molecule has 4 N–H and O–H groups in total. The molecule has 0 radical (unpaired) electrons. The summed E-state index contributed by atoms with van der Waals surface area (Å²) >= 11 is 12.3. The van der Waals surface area contributed by atoms with Gasteiger partial charge in [0.05, 0.1) is 42.3 Å². The number of carbonyl (C=O) groups is 3. The second-order valence-electron chi connectivity index (χ2n) is 10.3. The minimum atomic E-state index is -1.28. The van der Waals surface area contributed by atoms with E-state index in [1.807, 2.05) is 0 Å². The molecular formula is C30H34Cl2N2O8. The first-order valence-electron chi connectivity index (χ1n) is 13.6. The number of rotatable bonds is 12. The van der Waals surface area contributed by atoms with Crippen molar-refractivity contribution in [2.45, 2.75) is 63.5 Å². The van der Waals surface area contributed by atoms with Crippen LogP contribution in [0.15, 0.2) is 42.0 Å². The minimum Gasteiger partial charge on any atom is -0.493 e. The van der Waals surface area contributed by atoms with Gasteiger partial charge in [0, 0.05) is 37.1 Å². The molecule has 1 aliphatic heterocycles. The number of hydrogen-bond acceptors (Lipinski definition) is 8. The molecule has 226 valence electrons. The first kappa shape index (κ1) is 31.8. The third-order valence-corrected chi connectivity index (χ3v) is 8.17. The zero-order valence-corrected chi connectivity index (χ0v) is 24.8. The van der Waals surface area contributed by atoms with Crippen molar-refractivity contribution in [1.29, 1.82) is 0 Å². The number of methoxy groups -OCH3 is 1. The number of carbonyl (C=O) groups excluding carboxylic acids is 3. The average molecular weight is 622 g/mol. The van der Waals surface area contributed by atoms with E-state index in [0.717, 1.165) is 0 Å². The molecule has 0 saturated carbocycles. The van der Waals surface area contributed by atoms with Crippen molar-refractivity contribution in [1.82, 2.24) is 10.2 Å². The smallest absolute Gasteiger partial charge is 0.247 e. The summed E-state index contributed by atoms with van der Waals surface area (Å²) in [7, 11) is 1.45. The van der Waals surface area contributed by atoms with Crippen LogP contribution in [0.1, 0.15) is 48.8 Å². The first-order valence-corrected chi connectivity index (χ1v) is 14.3. The summed E-state index contributed by atoms with van der Waals surface area (Å²) in [6, 6.07) is 7.26. The van der Waals surface area contributed by atoms with Gasteiger partial charge in [-0.2, -0.15) is 0 Å². The molecule has 2 aromatic carbocycles. The van der Waals surface area contributed by atoms with Crippen LogP contribution < -0.4 is 14.8 Å². The maximum atomic E-state index is 13.7. The third-order valence-electron chi connectivity index (χ3n) is 7.43. The van der Waals surface area contributed by atoms with E-state index in [1.165, 1.54) is 18.9 Å². The Bertz CT molecular complexity index is 1380. The molecule has 0 aromatic heterocycles. The predicted molar refractivity (Wildman–Crippen MR) is 156 cm³/mol. The molecule has 0 saturated heterocycles. The van der Waals surface area contributed by atoms with Crippen LogP contribution in [0.4, 0.5) is 0 Å². The number of ketones is 1. The van der Waals surface area contributed by atoms with Crippen molar-refractivity contribution in [3.8, 4) is 11.5 Å². The van der Waals surface area contributed by atoms with Crippen molar-refractivity contribution < 1.29 is 39.2 Å². The number of aliphatic hydroxyl groups is 3. The quantitative estimate of drug-likeness (QED) is 0.283. The van der Waals surface area contributed by atoms with Crippen molar-refractivity contribution in [2.75, 3.05) is 20.3 Å². The number of amides is 2. The van der Waals surface area contributed by atoms with Gasteiger partial charge in [-0.25, -0.2) is 0 Å². The van der Waals surface area contributed by atoms with E-state index in [9.17, 15) is 29.7 Å². The van der Waals surface area contributed by atoms with E-state index >= 15 is 0 Å². The lowest BCUT2D eigenvalue weighted by Gasteiger charge is -2.41. The molecule has 0 spiro atoms. The highest BCUT2D eigenvalue weighted by Crippen LogP contribution is 2.51. The Morgan fingerprint density at radius 1 is 1.07 bits per heavy atom. The summed E-state index contributed by atoms with van der Waals surface area (Å²) in [4.78, 5) is 40.1. The zero-order chi connectivity index (χ0) is 30.6. The number of hydrogen-bond donors (Lipinski definition) is 4. The van der Waals surface area contributed by atoms with Gasteiger partial charge in [-0.15, -0.1) is 0 Å². The molecule has 4 rings (SSSR count). The highest BCUT2D eigenvalue weighted by atomic mass is 35.5. The molecule has 12 heteroatoms. The number of benzene rings is 2. The summed E-state index contributed by atoms with van der Waals surface area (Å²) in [5, 5.41) is 34.2. The summed E-state index contributed by atoms with van der Waals surface area (Å²) < 4.78 is 11.7. The van der Waals surface area contributed by atoms with Crippen LogP contribution in [0.3, 0.4) is 0 Å². The Hall–Kier alpha value is -3.15. The Morgan fingerprint density at radius 2 is 1.83 bits per heavy atom. The van der Waals surface area contributed by atoms with Crippen LogP contribution >= 0.6 is 23.2 Å². The van der Waals surface area contributed by atoms with Crippen molar-refractivity contribution >= 4 is 40.8 Å². The van der Waals surface area contributed by atoms with E-state index < -0.39 is 30.1 Å². The summed E-state index contributed by atoms with van der Waals surface area (Å²) in [5.41, 5.74) is 1.96. The zero-order valence-electron chi connectivity index (χ0n) is 23.3.